The zero-order valence-corrected chi connectivity index (χ0v) is 16.0. The number of nitrogens with zero attached hydrogens (tertiary/aromatic N) is 2. The van der Waals surface area contributed by atoms with E-state index in [1.54, 1.807) is 12.3 Å². The Labute approximate surface area is 166 Å². The second-order valence-electron chi connectivity index (χ2n) is 6.56. The van der Waals surface area contributed by atoms with Crippen molar-refractivity contribution in [2.75, 3.05) is 18.1 Å². The zero-order valence-electron chi connectivity index (χ0n) is 15.2. The number of carbonyl (C=O) groups excluding carboxylic acids is 1. The molecule has 7 heteroatoms. The summed E-state index contributed by atoms with van der Waals surface area (Å²) in [7, 11) is 0. The number of carboxylic acids is 1. The Morgan fingerprint density at radius 2 is 1.71 bits per heavy atom. The summed E-state index contributed by atoms with van der Waals surface area (Å²) >= 11 is 1.21. The average molecular weight is 394 g/mol. The van der Waals surface area contributed by atoms with Gasteiger partial charge < -0.3 is 9.84 Å². The largest absolute Gasteiger partial charge is 0.480 e. The summed E-state index contributed by atoms with van der Waals surface area (Å²) in [4.78, 5) is 29.2. The number of aliphatic carboxylic acids is 1. The summed E-state index contributed by atoms with van der Waals surface area (Å²) in [6, 6.07) is 16.1. The quantitative estimate of drug-likeness (QED) is 0.698. The van der Waals surface area contributed by atoms with Gasteiger partial charge in [-0.1, -0.05) is 48.5 Å². The van der Waals surface area contributed by atoms with Crippen LogP contribution in [-0.4, -0.2) is 35.3 Å². The van der Waals surface area contributed by atoms with Crippen LogP contribution in [0.1, 0.15) is 22.7 Å². The zero-order chi connectivity index (χ0) is 19.7. The molecule has 6 nitrogen and oxygen atoms in total. The molecule has 0 atom stereocenters. The van der Waals surface area contributed by atoms with Crippen molar-refractivity contribution >= 4 is 28.5 Å². The van der Waals surface area contributed by atoms with Crippen molar-refractivity contribution in [3.05, 3.63) is 70.7 Å². The first-order valence-corrected chi connectivity index (χ1v) is 9.69. The number of ether oxygens (including phenoxy) is 1. The van der Waals surface area contributed by atoms with Gasteiger partial charge >= 0.3 is 12.1 Å². The van der Waals surface area contributed by atoms with Gasteiger partial charge in [0.1, 0.15) is 13.2 Å². The first kappa shape index (κ1) is 18.2. The molecule has 1 amide bonds. The minimum Gasteiger partial charge on any atom is -0.480 e. The minimum atomic E-state index is -1.12. The standard InChI is InChI=1S/C21H18N2O4S/c1-13-12-28-20(22-13)23(10-19(24)25)21(26)27-11-18-16-8-4-2-6-14(16)15-7-3-5-9-17(15)18/h2-9,12,18H,10-11H2,1H3,(H,24,25). The van der Waals surface area contributed by atoms with Crippen molar-refractivity contribution in [2.45, 2.75) is 12.8 Å². The van der Waals surface area contributed by atoms with Crippen molar-refractivity contribution in [1.82, 2.24) is 4.98 Å². The smallest absolute Gasteiger partial charge is 0.416 e. The molecule has 0 unspecified atom stereocenters. The molecule has 0 aliphatic heterocycles. The number of aromatic nitrogens is 1. The van der Waals surface area contributed by atoms with E-state index in [0.29, 0.717) is 5.13 Å². The topological polar surface area (TPSA) is 79.7 Å². The highest BCUT2D eigenvalue weighted by molar-refractivity contribution is 7.14. The third kappa shape index (κ3) is 3.36. The molecule has 0 saturated carbocycles. The molecule has 1 aliphatic rings. The van der Waals surface area contributed by atoms with E-state index < -0.39 is 18.6 Å². The molecule has 28 heavy (non-hydrogen) atoms. The van der Waals surface area contributed by atoms with Crippen LogP contribution >= 0.6 is 11.3 Å². The van der Waals surface area contributed by atoms with Crippen LogP contribution in [0, 0.1) is 6.92 Å². The van der Waals surface area contributed by atoms with Gasteiger partial charge in [-0.25, -0.2) is 14.7 Å². The van der Waals surface area contributed by atoms with E-state index >= 15 is 0 Å². The van der Waals surface area contributed by atoms with E-state index in [9.17, 15) is 9.59 Å². The highest BCUT2D eigenvalue weighted by atomic mass is 32.1. The fourth-order valence-corrected chi connectivity index (χ4v) is 4.27. The molecular formula is C21H18N2O4S. The molecule has 3 aromatic rings. The average Bonchev–Trinajstić information content (AvgIpc) is 3.25. The third-order valence-electron chi connectivity index (χ3n) is 4.69. The Balaban J connectivity index is 1.56. The van der Waals surface area contributed by atoms with Crippen molar-refractivity contribution in [3.8, 4) is 11.1 Å². The first-order valence-electron chi connectivity index (χ1n) is 8.81. The van der Waals surface area contributed by atoms with Gasteiger partial charge in [0.25, 0.3) is 0 Å². The molecule has 4 rings (SSSR count). The van der Waals surface area contributed by atoms with Crippen LogP contribution in [0.2, 0.25) is 0 Å². The molecule has 0 saturated heterocycles. The minimum absolute atomic E-state index is 0.0824. The van der Waals surface area contributed by atoms with Gasteiger partial charge in [-0.05, 0) is 29.2 Å². The number of fused-ring (bicyclic) bond motifs is 3. The molecule has 0 radical (unpaired) electrons. The Bertz CT molecular complexity index is 1000. The lowest BCUT2D eigenvalue weighted by molar-refractivity contribution is -0.135. The molecule has 0 bridgehead atoms. The molecule has 1 aromatic heterocycles. The van der Waals surface area contributed by atoms with E-state index in [4.69, 9.17) is 9.84 Å². The summed E-state index contributed by atoms with van der Waals surface area (Å²) in [5, 5.41) is 11.2. The lowest BCUT2D eigenvalue weighted by atomic mass is 9.98. The summed E-state index contributed by atoms with van der Waals surface area (Å²) in [6.45, 7) is 1.42. The normalized spacial score (nSPS) is 12.3. The maximum atomic E-state index is 12.7. The summed E-state index contributed by atoms with van der Waals surface area (Å²) in [6.07, 6.45) is -0.710. The number of hydrogen-bond acceptors (Lipinski definition) is 5. The van der Waals surface area contributed by atoms with E-state index in [2.05, 4.69) is 17.1 Å². The van der Waals surface area contributed by atoms with E-state index in [0.717, 1.165) is 32.8 Å². The van der Waals surface area contributed by atoms with E-state index in [1.165, 1.54) is 11.3 Å². The molecule has 1 N–H and O–H groups in total. The Morgan fingerprint density at radius 1 is 1.11 bits per heavy atom. The van der Waals surface area contributed by atoms with Crippen molar-refractivity contribution in [2.24, 2.45) is 0 Å². The third-order valence-corrected chi connectivity index (χ3v) is 5.67. The van der Waals surface area contributed by atoms with Crippen molar-refractivity contribution in [1.29, 1.82) is 0 Å². The van der Waals surface area contributed by atoms with E-state index in [1.807, 2.05) is 36.4 Å². The molecule has 0 fully saturated rings. The number of carboxylic acid groups (broad SMARTS) is 1. The first-order chi connectivity index (χ1) is 13.5. The van der Waals surface area contributed by atoms with Gasteiger partial charge in [0.2, 0.25) is 0 Å². The summed E-state index contributed by atoms with van der Waals surface area (Å²) in [5.74, 6) is -1.21. The molecule has 1 aliphatic carbocycles. The predicted octanol–water partition coefficient (Wildman–Crippen LogP) is 4.29. The lowest BCUT2D eigenvalue weighted by Gasteiger charge is -2.20. The maximum absolute atomic E-state index is 12.7. The van der Waals surface area contributed by atoms with Crippen LogP contribution in [-0.2, 0) is 9.53 Å². The Kier molecular flexibility index (Phi) is 4.83. The Morgan fingerprint density at radius 3 is 2.25 bits per heavy atom. The number of aryl methyl sites for hydroxylation is 1. The number of benzene rings is 2. The number of amides is 1. The number of carbonyl (C=O) groups is 2. The van der Waals surface area contributed by atoms with Gasteiger partial charge in [-0.15, -0.1) is 11.3 Å². The fourth-order valence-electron chi connectivity index (χ4n) is 3.48. The van der Waals surface area contributed by atoms with Crippen molar-refractivity contribution < 1.29 is 19.4 Å². The van der Waals surface area contributed by atoms with Crippen LogP contribution < -0.4 is 4.90 Å². The molecule has 1 heterocycles. The predicted molar refractivity (Wildman–Crippen MR) is 107 cm³/mol. The monoisotopic (exact) mass is 394 g/mol. The van der Waals surface area contributed by atoms with E-state index in [-0.39, 0.29) is 12.5 Å². The second-order valence-corrected chi connectivity index (χ2v) is 7.39. The highest BCUT2D eigenvalue weighted by Crippen LogP contribution is 2.44. The number of thiazole rings is 1. The molecule has 0 spiro atoms. The number of hydrogen-bond donors (Lipinski definition) is 1. The Hall–Kier alpha value is -3.19. The molecule has 2 aromatic carbocycles. The van der Waals surface area contributed by atoms with Crippen molar-refractivity contribution in [3.63, 3.8) is 0 Å². The van der Waals surface area contributed by atoms with Crippen LogP contribution in [0.25, 0.3) is 11.1 Å². The molecule has 142 valence electrons. The maximum Gasteiger partial charge on any atom is 0.416 e. The fraction of sp³-hybridized carbons (Fsp3) is 0.190. The second kappa shape index (κ2) is 7.44. The molecular weight excluding hydrogens is 376 g/mol. The van der Waals surface area contributed by atoms with Crippen LogP contribution in [0.4, 0.5) is 9.93 Å². The van der Waals surface area contributed by atoms with Gasteiger partial charge in [0.05, 0.1) is 5.69 Å². The summed E-state index contributed by atoms with van der Waals surface area (Å²) in [5.41, 5.74) is 5.20. The van der Waals surface area contributed by atoms with Crippen LogP contribution in [0.5, 0.6) is 0 Å². The lowest BCUT2D eigenvalue weighted by Crippen LogP contribution is -2.36. The summed E-state index contributed by atoms with van der Waals surface area (Å²) < 4.78 is 5.56. The van der Waals surface area contributed by atoms with Crippen LogP contribution in [0.15, 0.2) is 53.9 Å². The van der Waals surface area contributed by atoms with Gasteiger partial charge in [-0.3, -0.25) is 4.79 Å². The van der Waals surface area contributed by atoms with Gasteiger partial charge in [0, 0.05) is 11.3 Å². The van der Waals surface area contributed by atoms with Crippen LogP contribution in [0.3, 0.4) is 0 Å². The van der Waals surface area contributed by atoms with Gasteiger partial charge in [0.15, 0.2) is 5.13 Å². The number of anilines is 1. The van der Waals surface area contributed by atoms with Gasteiger partial charge in [-0.2, -0.15) is 0 Å². The highest BCUT2D eigenvalue weighted by Gasteiger charge is 2.30. The number of rotatable bonds is 5. The SMILES string of the molecule is Cc1csc(N(CC(=O)O)C(=O)OCC2c3ccccc3-c3ccccc32)n1.